The van der Waals surface area contributed by atoms with Crippen LogP contribution in [0.3, 0.4) is 0 Å². The molecule has 1 heterocycles. The Morgan fingerprint density at radius 2 is 1.64 bits per heavy atom. The Hall–Kier alpha value is 0.310. The van der Waals surface area contributed by atoms with E-state index in [1.54, 1.807) is 0 Å². The fraction of sp³-hybridized carbons (Fsp3) is 1.00. The smallest absolute Gasteiger partial charge is 0.00110 e. The second-order valence-electron chi connectivity index (χ2n) is 5.13. The summed E-state index contributed by atoms with van der Waals surface area (Å²) in [5.74, 6) is 1.04. The molecule has 0 aromatic heterocycles. The lowest BCUT2D eigenvalue weighted by Gasteiger charge is -2.39. The third-order valence-corrected chi connectivity index (χ3v) is 4.53. The van der Waals surface area contributed by atoms with Gasteiger partial charge in [0.15, 0.2) is 0 Å². The third-order valence-electron chi connectivity index (χ3n) is 4.21. The highest BCUT2D eigenvalue weighted by atomic mass is 32.1. The number of hydrogen-bond acceptors (Lipinski definition) is 2. The molecule has 1 aliphatic heterocycles. The molecule has 0 radical (unpaired) electrons. The normalized spacial score (nSPS) is 27.2. The van der Waals surface area contributed by atoms with Gasteiger partial charge in [-0.05, 0) is 62.9 Å². The molecule has 0 aromatic carbocycles. The SMILES string of the molecule is SCCCN1CCC2(CCCC2)CC1. The quantitative estimate of drug-likeness (QED) is 0.705. The van der Waals surface area contributed by atoms with Gasteiger partial charge in [0.1, 0.15) is 0 Å². The second kappa shape index (κ2) is 4.89. The summed E-state index contributed by atoms with van der Waals surface area (Å²) in [6.45, 7) is 3.99. The summed E-state index contributed by atoms with van der Waals surface area (Å²) < 4.78 is 0. The van der Waals surface area contributed by atoms with Crippen molar-refractivity contribution in [1.29, 1.82) is 0 Å². The van der Waals surface area contributed by atoms with E-state index >= 15 is 0 Å². The largest absolute Gasteiger partial charge is 0.303 e. The molecule has 1 spiro atoms. The summed E-state index contributed by atoms with van der Waals surface area (Å²) in [7, 11) is 0. The Bertz CT molecular complexity index is 165. The van der Waals surface area contributed by atoms with Crippen molar-refractivity contribution < 1.29 is 0 Å². The van der Waals surface area contributed by atoms with Crippen LogP contribution in [-0.4, -0.2) is 30.3 Å². The molecular formula is C12H23NS. The fourth-order valence-electron chi connectivity index (χ4n) is 3.17. The molecule has 2 heteroatoms. The van der Waals surface area contributed by atoms with E-state index in [0.717, 1.165) is 11.2 Å². The van der Waals surface area contributed by atoms with E-state index in [4.69, 9.17) is 0 Å². The van der Waals surface area contributed by atoms with Gasteiger partial charge in [0.2, 0.25) is 0 Å². The average molecular weight is 213 g/mol. The molecule has 0 N–H and O–H groups in total. The minimum absolute atomic E-state index is 0.789. The molecule has 0 unspecified atom stereocenters. The molecule has 0 aromatic rings. The minimum atomic E-state index is 0.789. The van der Waals surface area contributed by atoms with E-state index in [2.05, 4.69) is 17.5 Å². The molecule has 1 saturated carbocycles. The van der Waals surface area contributed by atoms with Gasteiger partial charge in [0.05, 0.1) is 0 Å². The first-order chi connectivity index (χ1) is 6.85. The molecule has 82 valence electrons. The minimum Gasteiger partial charge on any atom is -0.303 e. The van der Waals surface area contributed by atoms with Crippen molar-refractivity contribution in [3.8, 4) is 0 Å². The van der Waals surface area contributed by atoms with E-state index in [1.807, 2.05) is 0 Å². The summed E-state index contributed by atoms with van der Waals surface area (Å²) in [6, 6.07) is 0. The highest BCUT2D eigenvalue weighted by molar-refractivity contribution is 7.80. The predicted octanol–water partition coefficient (Wildman–Crippen LogP) is 2.96. The summed E-state index contributed by atoms with van der Waals surface area (Å²) in [4.78, 5) is 2.64. The van der Waals surface area contributed by atoms with Gasteiger partial charge in [-0.1, -0.05) is 12.8 Å². The Kier molecular flexibility index (Phi) is 3.78. The van der Waals surface area contributed by atoms with Crippen LogP contribution < -0.4 is 0 Å². The molecule has 2 rings (SSSR count). The van der Waals surface area contributed by atoms with E-state index in [-0.39, 0.29) is 0 Å². The first-order valence-electron chi connectivity index (χ1n) is 6.18. The van der Waals surface area contributed by atoms with Crippen molar-refractivity contribution in [1.82, 2.24) is 4.90 Å². The fourth-order valence-corrected chi connectivity index (χ4v) is 3.31. The van der Waals surface area contributed by atoms with Gasteiger partial charge in [-0.25, -0.2) is 0 Å². The van der Waals surface area contributed by atoms with Crippen LogP contribution in [-0.2, 0) is 0 Å². The second-order valence-corrected chi connectivity index (χ2v) is 5.57. The lowest BCUT2D eigenvalue weighted by molar-refractivity contribution is 0.109. The van der Waals surface area contributed by atoms with Crippen LogP contribution >= 0.6 is 12.6 Å². The number of nitrogens with zero attached hydrogens (tertiary/aromatic N) is 1. The molecule has 1 aliphatic carbocycles. The lowest BCUT2D eigenvalue weighted by Crippen LogP contribution is -2.39. The van der Waals surface area contributed by atoms with Gasteiger partial charge in [-0.2, -0.15) is 12.6 Å². The zero-order valence-electron chi connectivity index (χ0n) is 9.17. The van der Waals surface area contributed by atoms with Crippen LogP contribution in [0.15, 0.2) is 0 Å². The maximum absolute atomic E-state index is 4.27. The zero-order chi connectivity index (χ0) is 9.86. The molecule has 1 nitrogen and oxygen atoms in total. The number of likely N-dealkylation sites (tertiary alicyclic amines) is 1. The molecule has 0 atom stereocenters. The number of rotatable bonds is 3. The maximum atomic E-state index is 4.27. The molecule has 2 fully saturated rings. The summed E-state index contributed by atoms with van der Waals surface area (Å²) in [6.07, 6.45) is 10.2. The van der Waals surface area contributed by atoms with Crippen LogP contribution in [0.5, 0.6) is 0 Å². The Labute approximate surface area is 93.7 Å². The van der Waals surface area contributed by atoms with Gasteiger partial charge >= 0.3 is 0 Å². The average Bonchev–Trinajstić information content (AvgIpc) is 2.66. The highest BCUT2D eigenvalue weighted by Gasteiger charge is 2.36. The van der Waals surface area contributed by atoms with E-state index < -0.39 is 0 Å². The Balaban J connectivity index is 1.74. The van der Waals surface area contributed by atoms with E-state index in [0.29, 0.717) is 0 Å². The molecular weight excluding hydrogens is 190 g/mol. The van der Waals surface area contributed by atoms with Crippen molar-refractivity contribution in [2.75, 3.05) is 25.4 Å². The number of piperidine rings is 1. The maximum Gasteiger partial charge on any atom is -0.00110 e. The van der Waals surface area contributed by atoms with Crippen LogP contribution in [0.25, 0.3) is 0 Å². The third kappa shape index (κ3) is 2.46. The molecule has 0 bridgehead atoms. The summed E-state index contributed by atoms with van der Waals surface area (Å²) in [5.41, 5.74) is 0.789. The Morgan fingerprint density at radius 1 is 1.00 bits per heavy atom. The van der Waals surface area contributed by atoms with Crippen molar-refractivity contribution in [3.05, 3.63) is 0 Å². The molecule has 14 heavy (non-hydrogen) atoms. The van der Waals surface area contributed by atoms with Gasteiger partial charge < -0.3 is 4.90 Å². The zero-order valence-corrected chi connectivity index (χ0v) is 10.1. The first-order valence-corrected chi connectivity index (χ1v) is 6.81. The van der Waals surface area contributed by atoms with Gasteiger partial charge in [-0.3, -0.25) is 0 Å². The van der Waals surface area contributed by atoms with Crippen molar-refractivity contribution in [3.63, 3.8) is 0 Å². The number of thiol groups is 1. The summed E-state index contributed by atoms with van der Waals surface area (Å²) in [5, 5.41) is 0. The predicted molar refractivity (Wildman–Crippen MR) is 65.0 cm³/mol. The molecule has 1 saturated heterocycles. The lowest BCUT2D eigenvalue weighted by atomic mass is 9.77. The van der Waals surface area contributed by atoms with Crippen molar-refractivity contribution >= 4 is 12.6 Å². The topological polar surface area (TPSA) is 3.24 Å². The van der Waals surface area contributed by atoms with Crippen LogP contribution in [0, 0.1) is 5.41 Å². The Morgan fingerprint density at radius 3 is 2.21 bits per heavy atom. The number of hydrogen-bond donors (Lipinski definition) is 1. The first kappa shape index (κ1) is 10.8. The molecule has 2 aliphatic rings. The van der Waals surface area contributed by atoms with Crippen LogP contribution in [0.1, 0.15) is 44.9 Å². The highest BCUT2D eigenvalue weighted by Crippen LogP contribution is 2.45. The van der Waals surface area contributed by atoms with E-state index in [9.17, 15) is 0 Å². The standard InChI is InChI=1S/C12H23NS/c14-11-3-8-13-9-6-12(7-10-13)4-1-2-5-12/h14H,1-11H2. The van der Waals surface area contributed by atoms with Gasteiger partial charge in [0, 0.05) is 0 Å². The van der Waals surface area contributed by atoms with Crippen LogP contribution in [0.2, 0.25) is 0 Å². The van der Waals surface area contributed by atoms with Crippen molar-refractivity contribution in [2.24, 2.45) is 5.41 Å². The van der Waals surface area contributed by atoms with Gasteiger partial charge in [-0.15, -0.1) is 0 Å². The van der Waals surface area contributed by atoms with Gasteiger partial charge in [0.25, 0.3) is 0 Å². The summed E-state index contributed by atoms with van der Waals surface area (Å²) >= 11 is 4.27. The molecule has 0 amide bonds. The van der Waals surface area contributed by atoms with Crippen molar-refractivity contribution in [2.45, 2.75) is 44.9 Å². The van der Waals surface area contributed by atoms with Crippen LogP contribution in [0.4, 0.5) is 0 Å². The monoisotopic (exact) mass is 213 g/mol. The van der Waals surface area contributed by atoms with E-state index in [1.165, 1.54) is 64.6 Å².